The van der Waals surface area contributed by atoms with Gasteiger partial charge in [0.15, 0.2) is 11.5 Å². The number of esters is 1. The number of hydrogen-bond donors (Lipinski definition) is 1. The summed E-state index contributed by atoms with van der Waals surface area (Å²) in [5.41, 5.74) is 0.132. The molecule has 0 bridgehead atoms. The second-order valence-corrected chi connectivity index (χ2v) is 4.87. The fourth-order valence-electron chi connectivity index (χ4n) is 1.68. The Morgan fingerprint density at radius 1 is 1.39 bits per heavy atom. The largest absolute Gasteiger partial charge is 0.508 e. The van der Waals surface area contributed by atoms with Gasteiger partial charge in [-0.05, 0) is 17.5 Å². The van der Waals surface area contributed by atoms with E-state index in [1.807, 2.05) is 20.8 Å². The van der Waals surface area contributed by atoms with Gasteiger partial charge < -0.3 is 14.6 Å². The number of ether oxygens (including phenoxy) is 2. The van der Waals surface area contributed by atoms with Crippen LogP contribution in [0.1, 0.15) is 26.3 Å². The number of carbonyl (C=O) groups excluding carboxylic acids is 1. The van der Waals surface area contributed by atoms with Gasteiger partial charge in [-0.15, -0.1) is 0 Å². The van der Waals surface area contributed by atoms with E-state index in [1.54, 1.807) is 6.07 Å². The summed E-state index contributed by atoms with van der Waals surface area (Å²) >= 11 is 0. The Morgan fingerprint density at radius 3 is 2.44 bits per heavy atom. The monoisotopic (exact) mass is 250 g/mol. The average molecular weight is 250 g/mol. The summed E-state index contributed by atoms with van der Waals surface area (Å²) < 4.78 is 10.3. The number of phenols is 1. The van der Waals surface area contributed by atoms with Crippen molar-refractivity contribution in [2.75, 3.05) is 7.11 Å². The molecule has 0 atom stereocenters. The number of aromatic hydroxyl groups is 1. The van der Waals surface area contributed by atoms with Gasteiger partial charge in [0.1, 0.15) is 5.75 Å². The maximum atomic E-state index is 11.4. The molecule has 0 amide bonds. The van der Waals surface area contributed by atoms with Crippen molar-refractivity contribution in [1.82, 2.24) is 0 Å². The minimum atomic E-state index is -0.593. The highest BCUT2D eigenvalue weighted by molar-refractivity contribution is 5.84. The summed E-state index contributed by atoms with van der Waals surface area (Å²) in [5.74, 6) is 0.0994. The Hall–Kier alpha value is -1.97. The SMILES string of the molecule is C=CC(=O)Oc1c(OC)ccc(O)c1C(C)(C)C. The van der Waals surface area contributed by atoms with Gasteiger partial charge in [0, 0.05) is 11.6 Å². The Labute approximate surface area is 107 Å². The zero-order valence-corrected chi connectivity index (χ0v) is 11.1. The molecule has 0 radical (unpaired) electrons. The maximum absolute atomic E-state index is 11.4. The van der Waals surface area contributed by atoms with E-state index in [1.165, 1.54) is 13.2 Å². The number of phenolic OH excluding ortho intramolecular Hbond substituents is 1. The fourth-order valence-corrected chi connectivity index (χ4v) is 1.68. The summed E-state index contributed by atoms with van der Waals surface area (Å²) in [6.45, 7) is 9.08. The topological polar surface area (TPSA) is 55.8 Å². The average Bonchev–Trinajstić information content (AvgIpc) is 2.27. The standard InChI is InChI=1S/C14H18O4/c1-6-11(16)18-13-10(17-5)8-7-9(15)12(13)14(2,3)4/h6-8,15H,1H2,2-5H3. The lowest BCUT2D eigenvalue weighted by atomic mass is 9.85. The summed E-state index contributed by atoms with van der Waals surface area (Å²) in [4.78, 5) is 11.4. The van der Waals surface area contributed by atoms with Crippen LogP contribution in [0.4, 0.5) is 0 Å². The van der Waals surface area contributed by atoms with E-state index < -0.39 is 11.4 Å². The molecule has 4 nitrogen and oxygen atoms in total. The number of carbonyl (C=O) groups is 1. The molecule has 0 aliphatic heterocycles. The number of rotatable bonds is 3. The minimum Gasteiger partial charge on any atom is -0.508 e. The van der Waals surface area contributed by atoms with Crippen molar-refractivity contribution >= 4 is 5.97 Å². The molecule has 0 saturated heterocycles. The van der Waals surface area contributed by atoms with Crippen LogP contribution in [-0.4, -0.2) is 18.2 Å². The van der Waals surface area contributed by atoms with Crippen LogP contribution in [0.5, 0.6) is 17.2 Å². The molecule has 0 fully saturated rings. The molecular weight excluding hydrogens is 232 g/mol. The van der Waals surface area contributed by atoms with E-state index >= 15 is 0 Å². The lowest BCUT2D eigenvalue weighted by Crippen LogP contribution is -2.16. The van der Waals surface area contributed by atoms with Gasteiger partial charge in [-0.2, -0.15) is 0 Å². The van der Waals surface area contributed by atoms with Crippen molar-refractivity contribution in [3.63, 3.8) is 0 Å². The molecule has 0 heterocycles. The second kappa shape index (κ2) is 5.12. The van der Waals surface area contributed by atoms with Crippen molar-refractivity contribution in [2.45, 2.75) is 26.2 Å². The molecule has 18 heavy (non-hydrogen) atoms. The van der Waals surface area contributed by atoms with Gasteiger partial charge in [0.05, 0.1) is 7.11 Å². The van der Waals surface area contributed by atoms with E-state index in [9.17, 15) is 9.90 Å². The molecule has 0 aliphatic rings. The molecule has 0 unspecified atom stereocenters. The van der Waals surface area contributed by atoms with Crippen molar-refractivity contribution in [3.05, 3.63) is 30.4 Å². The Morgan fingerprint density at radius 2 is 2.00 bits per heavy atom. The predicted molar refractivity (Wildman–Crippen MR) is 69.2 cm³/mol. The third kappa shape index (κ3) is 2.83. The first-order valence-electron chi connectivity index (χ1n) is 5.56. The number of methoxy groups -OCH3 is 1. The Kier molecular flexibility index (Phi) is 4.01. The highest BCUT2D eigenvalue weighted by Gasteiger charge is 2.27. The van der Waals surface area contributed by atoms with Crippen LogP contribution in [0.25, 0.3) is 0 Å². The van der Waals surface area contributed by atoms with Crippen LogP contribution in [-0.2, 0) is 10.2 Å². The zero-order chi connectivity index (χ0) is 13.9. The lowest BCUT2D eigenvalue weighted by Gasteiger charge is -2.24. The van der Waals surface area contributed by atoms with Crippen LogP contribution in [0.15, 0.2) is 24.8 Å². The van der Waals surface area contributed by atoms with Gasteiger partial charge in [-0.25, -0.2) is 4.79 Å². The molecule has 0 aromatic heterocycles. The van der Waals surface area contributed by atoms with Crippen molar-refractivity contribution in [2.24, 2.45) is 0 Å². The Balaban J connectivity index is 3.46. The molecule has 1 N–H and O–H groups in total. The van der Waals surface area contributed by atoms with Crippen LogP contribution in [0.2, 0.25) is 0 Å². The highest BCUT2D eigenvalue weighted by Crippen LogP contribution is 2.44. The van der Waals surface area contributed by atoms with Gasteiger partial charge >= 0.3 is 5.97 Å². The van der Waals surface area contributed by atoms with E-state index in [4.69, 9.17) is 9.47 Å². The molecule has 98 valence electrons. The van der Waals surface area contributed by atoms with Crippen molar-refractivity contribution < 1.29 is 19.4 Å². The van der Waals surface area contributed by atoms with E-state index in [0.29, 0.717) is 11.3 Å². The van der Waals surface area contributed by atoms with Crippen LogP contribution in [0.3, 0.4) is 0 Å². The lowest BCUT2D eigenvalue weighted by molar-refractivity contribution is -0.129. The molecular formula is C14H18O4. The smallest absolute Gasteiger partial charge is 0.335 e. The number of benzene rings is 1. The summed E-state index contributed by atoms with van der Waals surface area (Å²) in [5, 5.41) is 9.96. The highest BCUT2D eigenvalue weighted by atomic mass is 16.6. The predicted octanol–water partition coefficient (Wildman–Crippen LogP) is 2.79. The van der Waals surface area contributed by atoms with Crippen LogP contribution in [0, 0.1) is 0 Å². The molecule has 4 heteroatoms. The second-order valence-electron chi connectivity index (χ2n) is 4.87. The normalized spacial score (nSPS) is 10.9. The van der Waals surface area contributed by atoms with Gasteiger partial charge in [0.25, 0.3) is 0 Å². The van der Waals surface area contributed by atoms with E-state index in [2.05, 4.69) is 6.58 Å². The molecule has 0 aliphatic carbocycles. The van der Waals surface area contributed by atoms with Gasteiger partial charge in [0.2, 0.25) is 0 Å². The zero-order valence-electron chi connectivity index (χ0n) is 11.1. The summed E-state index contributed by atoms with van der Waals surface area (Å²) in [6, 6.07) is 3.07. The first-order valence-corrected chi connectivity index (χ1v) is 5.56. The van der Waals surface area contributed by atoms with E-state index in [0.717, 1.165) is 6.08 Å². The third-order valence-corrected chi connectivity index (χ3v) is 2.44. The van der Waals surface area contributed by atoms with E-state index in [-0.39, 0.29) is 11.5 Å². The molecule has 0 saturated carbocycles. The number of hydrogen-bond acceptors (Lipinski definition) is 4. The molecule has 1 aromatic rings. The fraction of sp³-hybridized carbons (Fsp3) is 0.357. The maximum Gasteiger partial charge on any atom is 0.335 e. The quantitative estimate of drug-likeness (QED) is 0.509. The first-order chi connectivity index (χ1) is 8.31. The summed E-state index contributed by atoms with van der Waals surface area (Å²) in [6.07, 6.45) is 1.07. The first kappa shape index (κ1) is 14.1. The molecule has 1 aromatic carbocycles. The van der Waals surface area contributed by atoms with Gasteiger partial charge in [-0.1, -0.05) is 27.4 Å². The van der Waals surface area contributed by atoms with Crippen molar-refractivity contribution in [1.29, 1.82) is 0 Å². The molecule has 0 spiro atoms. The minimum absolute atomic E-state index is 0.0650. The van der Waals surface area contributed by atoms with Crippen LogP contribution >= 0.6 is 0 Å². The van der Waals surface area contributed by atoms with Crippen LogP contribution < -0.4 is 9.47 Å². The third-order valence-electron chi connectivity index (χ3n) is 2.44. The Bertz CT molecular complexity index is 469. The summed E-state index contributed by atoms with van der Waals surface area (Å²) in [7, 11) is 1.48. The van der Waals surface area contributed by atoms with Gasteiger partial charge in [-0.3, -0.25) is 0 Å². The van der Waals surface area contributed by atoms with Crippen molar-refractivity contribution in [3.8, 4) is 17.2 Å². The molecule has 1 rings (SSSR count).